The fourth-order valence-corrected chi connectivity index (χ4v) is 3.13. The zero-order valence-corrected chi connectivity index (χ0v) is 12.2. The molecule has 0 heterocycles. The Labute approximate surface area is 122 Å². The number of carbonyl (C=O) groups excluding carboxylic acids is 1. The molecule has 1 fully saturated rings. The lowest BCUT2D eigenvalue weighted by Crippen LogP contribution is -2.44. The fourth-order valence-electron chi connectivity index (χ4n) is 2.50. The van der Waals surface area contributed by atoms with Gasteiger partial charge in [-0.15, -0.1) is 11.6 Å². The summed E-state index contributed by atoms with van der Waals surface area (Å²) in [6, 6.07) is 3.96. The smallest absolute Gasteiger partial charge is 0.256 e. The van der Waals surface area contributed by atoms with Gasteiger partial charge in [-0.2, -0.15) is 0 Å². The lowest BCUT2D eigenvalue weighted by Gasteiger charge is -2.35. The Morgan fingerprint density at radius 3 is 2.74 bits per heavy atom. The zero-order valence-electron chi connectivity index (χ0n) is 10.7. The van der Waals surface area contributed by atoms with E-state index in [9.17, 15) is 9.18 Å². The Balaban J connectivity index is 2.20. The molecule has 1 aromatic rings. The van der Waals surface area contributed by atoms with Crippen molar-refractivity contribution in [1.82, 2.24) is 4.90 Å². The predicted molar refractivity (Wildman–Crippen MR) is 75.4 cm³/mol. The number of amides is 1. The summed E-state index contributed by atoms with van der Waals surface area (Å²) in [5.41, 5.74) is 0.00411. The zero-order chi connectivity index (χ0) is 14.0. The molecule has 0 radical (unpaired) electrons. The van der Waals surface area contributed by atoms with Crippen LogP contribution in [0, 0.1) is 5.82 Å². The van der Waals surface area contributed by atoms with Crippen LogP contribution in [0.3, 0.4) is 0 Å². The van der Waals surface area contributed by atoms with Crippen molar-refractivity contribution in [1.29, 1.82) is 0 Å². The van der Waals surface area contributed by atoms with Crippen LogP contribution in [0.1, 0.15) is 36.0 Å². The van der Waals surface area contributed by atoms with Gasteiger partial charge in [0, 0.05) is 18.1 Å². The highest BCUT2D eigenvalue weighted by Crippen LogP contribution is 2.28. The van der Waals surface area contributed by atoms with Crippen LogP contribution in [0.25, 0.3) is 0 Å². The van der Waals surface area contributed by atoms with E-state index in [0.29, 0.717) is 5.02 Å². The molecule has 104 valence electrons. The lowest BCUT2D eigenvalue weighted by molar-refractivity contribution is 0.0695. The molecule has 2 rings (SSSR count). The van der Waals surface area contributed by atoms with E-state index in [2.05, 4.69) is 0 Å². The number of hydrogen-bond acceptors (Lipinski definition) is 1. The van der Waals surface area contributed by atoms with Gasteiger partial charge in [-0.25, -0.2) is 4.39 Å². The van der Waals surface area contributed by atoms with Crippen molar-refractivity contribution < 1.29 is 9.18 Å². The minimum Gasteiger partial charge on any atom is -0.337 e. The molecule has 0 spiro atoms. The first-order valence-electron chi connectivity index (χ1n) is 6.37. The highest BCUT2D eigenvalue weighted by atomic mass is 35.5. The van der Waals surface area contributed by atoms with Crippen molar-refractivity contribution in [2.75, 3.05) is 7.05 Å². The first-order valence-corrected chi connectivity index (χ1v) is 7.18. The van der Waals surface area contributed by atoms with Crippen LogP contribution in [-0.2, 0) is 0 Å². The quantitative estimate of drug-likeness (QED) is 0.753. The number of hydrogen-bond donors (Lipinski definition) is 0. The summed E-state index contributed by atoms with van der Waals surface area (Å²) in [4.78, 5) is 13.9. The van der Waals surface area contributed by atoms with E-state index in [-0.39, 0.29) is 22.9 Å². The van der Waals surface area contributed by atoms with Gasteiger partial charge >= 0.3 is 0 Å². The average Bonchev–Trinajstić information content (AvgIpc) is 2.40. The summed E-state index contributed by atoms with van der Waals surface area (Å²) in [6.07, 6.45) is 3.88. The summed E-state index contributed by atoms with van der Waals surface area (Å²) < 4.78 is 13.7. The molecule has 5 heteroatoms. The van der Waals surface area contributed by atoms with Crippen LogP contribution in [0.2, 0.25) is 5.02 Å². The SMILES string of the molecule is CN(C(=O)c1cc(Cl)ccc1F)C1CCCCC1Cl. The second kappa shape index (κ2) is 6.10. The number of carbonyl (C=O) groups is 1. The topological polar surface area (TPSA) is 20.3 Å². The number of halogens is 3. The van der Waals surface area contributed by atoms with Gasteiger partial charge in [0.15, 0.2) is 0 Å². The highest BCUT2D eigenvalue weighted by molar-refractivity contribution is 6.31. The van der Waals surface area contributed by atoms with Crippen molar-refractivity contribution in [2.24, 2.45) is 0 Å². The standard InChI is InChI=1S/C14H16Cl2FNO/c1-18(13-5-3-2-4-11(13)16)14(19)10-8-9(15)6-7-12(10)17/h6-8,11,13H,2-5H2,1H3. The summed E-state index contributed by atoms with van der Waals surface area (Å²) in [5.74, 6) is -0.916. The van der Waals surface area contributed by atoms with Crippen molar-refractivity contribution >= 4 is 29.1 Å². The second-order valence-electron chi connectivity index (χ2n) is 4.91. The van der Waals surface area contributed by atoms with E-state index in [0.717, 1.165) is 25.7 Å². The molecule has 0 saturated heterocycles. The first kappa shape index (κ1) is 14.6. The van der Waals surface area contributed by atoms with Gasteiger partial charge in [0.1, 0.15) is 5.82 Å². The monoisotopic (exact) mass is 303 g/mol. The van der Waals surface area contributed by atoms with Gasteiger partial charge in [0.05, 0.1) is 10.9 Å². The molecule has 19 heavy (non-hydrogen) atoms. The Morgan fingerprint density at radius 1 is 1.37 bits per heavy atom. The lowest BCUT2D eigenvalue weighted by atomic mass is 9.93. The van der Waals surface area contributed by atoms with Gasteiger partial charge in [0.2, 0.25) is 0 Å². The molecule has 0 aromatic heterocycles. The van der Waals surface area contributed by atoms with Crippen LogP contribution in [0.4, 0.5) is 4.39 Å². The number of nitrogens with zero attached hydrogens (tertiary/aromatic N) is 1. The van der Waals surface area contributed by atoms with Crippen molar-refractivity contribution in [3.8, 4) is 0 Å². The van der Waals surface area contributed by atoms with E-state index >= 15 is 0 Å². The van der Waals surface area contributed by atoms with E-state index in [1.54, 1.807) is 11.9 Å². The molecule has 2 atom stereocenters. The third kappa shape index (κ3) is 3.21. The van der Waals surface area contributed by atoms with Crippen LogP contribution in [0.5, 0.6) is 0 Å². The Hall–Kier alpha value is -0.800. The van der Waals surface area contributed by atoms with Crippen molar-refractivity contribution in [2.45, 2.75) is 37.1 Å². The molecular formula is C14H16Cl2FNO. The number of alkyl halides is 1. The summed E-state index contributed by atoms with van der Waals surface area (Å²) in [6.45, 7) is 0. The molecule has 1 aliphatic carbocycles. The van der Waals surface area contributed by atoms with E-state index < -0.39 is 5.82 Å². The van der Waals surface area contributed by atoms with Crippen LogP contribution in [-0.4, -0.2) is 29.3 Å². The van der Waals surface area contributed by atoms with E-state index in [1.807, 2.05) is 0 Å². The van der Waals surface area contributed by atoms with E-state index in [1.165, 1.54) is 18.2 Å². The minimum atomic E-state index is -0.553. The molecule has 2 nitrogen and oxygen atoms in total. The van der Waals surface area contributed by atoms with Crippen LogP contribution >= 0.6 is 23.2 Å². The summed E-state index contributed by atoms with van der Waals surface area (Å²) in [7, 11) is 1.67. The third-order valence-electron chi connectivity index (χ3n) is 3.62. The molecule has 0 aliphatic heterocycles. The van der Waals surface area contributed by atoms with Crippen LogP contribution < -0.4 is 0 Å². The molecule has 1 saturated carbocycles. The second-order valence-corrected chi connectivity index (χ2v) is 5.91. The largest absolute Gasteiger partial charge is 0.337 e. The minimum absolute atomic E-state index is 0.00411. The van der Waals surface area contributed by atoms with Crippen molar-refractivity contribution in [3.05, 3.63) is 34.6 Å². The van der Waals surface area contributed by atoms with Crippen molar-refractivity contribution in [3.63, 3.8) is 0 Å². The summed E-state index contributed by atoms with van der Waals surface area (Å²) in [5, 5.41) is 0.286. The fraction of sp³-hybridized carbons (Fsp3) is 0.500. The molecule has 1 aliphatic rings. The van der Waals surface area contributed by atoms with Crippen LogP contribution in [0.15, 0.2) is 18.2 Å². The normalized spacial score (nSPS) is 23.2. The summed E-state index contributed by atoms with van der Waals surface area (Å²) >= 11 is 12.1. The predicted octanol–water partition coefficient (Wildman–Crippen LogP) is 4.10. The first-order chi connectivity index (χ1) is 9.00. The third-order valence-corrected chi connectivity index (χ3v) is 4.37. The molecule has 0 bridgehead atoms. The molecule has 2 unspecified atom stereocenters. The molecule has 0 N–H and O–H groups in total. The maximum absolute atomic E-state index is 13.7. The highest BCUT2D eigenvalue weighted by Gasteiger charge is 2.30. The van der Waals surface area contributed by atoms with Gasteiger partial charge in [0.25, 0.3) is 5.91 Å². The Kier molecular flexibility index (Phi) is 4.69. The molecule has 1 amide bonds. The molecular weight excluding hydrogens is 288 g/mol. The maximum Gasteiger partial charge on any atom is 0.256 e. The van der Waals surface area contributed by atoms with Gasteiger partial charge < -0.3 is 4.90 Å². The molecule has 1 aromatic carbocycles. The average molecular weight is 304 g/mol. The van der Waals surface area contributed by atoms with Gasteiger partial charge in [-0.05, 0) is 31.0 Å². The van der Waals surface area contributed by atoms with Gasteiger partial charge in [-0.1, -0.05) is 24.4 Å². The number of benzene rings is 1. The van der Waals surface area contributed by atoms with E-state index in [4.69, 9.17) is 23.2 Å². The number of rotatable bonds is 2. The van der Waals surface area contributed by atoms with Gasteiger partial charge in [-0.3, -0.25) is 4.79 Å². The maximum atomic E-state index is 13.7. The Bertz CT molecular complexity index is 481. The Morgan fingerprint density at radius 2 is 2.05 bits per heavy atom.